The molecule has 6 heteroatoms. The molecule has 1 aromatic heterocycles. The van der Waals surface area contributed by atoms with Crippen LogP contribution in [0.4, 0.5) is 0 Å². The third kappa shape index (κ3) is 2.64. The number of methoxy groups -OCH3 is 1. The van der Waals surface area contributed by atoms with Crippen LogP contribution in [0.1, 0.15) is 26.4 Å². The highest BCUT2D eigenvalue weighted by Gasteiger charge is 2.26. The van der Waals surface area contributed by atoms with Crippen molar-refractivity contribution in [2.75, 3.05) is 32.2 Å². The molecule has 2 heterocycles. The summed E-state index contributed by atoms with van der Waals surface area (Å²) in [5.74, 6) is 1.93. The number of rotatable bonds is 2. The van der Waals surface area contributed by atoms with Crippen LogP contribution in [0.3, 0.4) is 0 Å². The number of aryl methyl sites for hydroxylation is 1. The van der Waals surface area contributed by atoms with Crippen LogP contribution in [-0.4, -0.2) is 48.1 Å². The minimum absolute atomic E-state index is 0.280. The maximum atomic E-state index is 11.5. The van der Waals surface area contributed by atoms with E-state index in [0.717, 1.165) is 23.0 Å². The van der Waals surface area contributed by atoms with Gasteiger partial charge in [0.2, 0.25) is 0 Å². The molecule has 0 bridgehead atoms. The Morgan fingerprint density at radius 2 is 2.35 bits per heavy atom. The van der Waals surface area contributed by atoms with Gasteiger partial charge >= 0.3 is 5.97 Å². The van der Waals surface area contributed by atoms with E-state index in [2.05, 4.69) is 16.9 Å². The maximum absolute atomic E-state index is 11.5. The van der Waals surface area contributed by atoms with Gasteiger partial charge in [0, 0.05) is 18.1 Å². The average molecular weight is 272 g/mol. The van der Waals surface area contributed by atoms with Crippen LogP contribution in [0.25, 0.3) is 0 Å². The molecule has 1 aliphatic rings. The van der Waals surface area contributed by atoms with Crippen molar-refractivity contribution in [2.24, 2.45) is 0 Å². The topological polar surface area (TPSA) is 42.4 Å². The Morgan fingerprint density at radius 3 is 3.00 bits per heavy atom. The van der Waals surface area contributed by atoms with E-state index in [1.165, 1.54) is 24.2 Å². The molecule has 2 rings (SSSR count). The molecule has 1 fully saturated rings. The van der Waals surface area contributed by atoms with Gasteiger partial charge in [-0.15, -0.1) is 11.3 Å². The lowest BCUT2D eigenvalue weighted by Gasteiger charge is -2.30. The van der Waals surface area contributed by atoms with Gasteiger partial charge in [0.25, 0.3) is 0 Å². The number of carbonyl (C=O) groups is 1. The normalized spacial score (nSPS) is 21.5. The molecule has 0 saturated carbocycles. The molecule has 0 spiro atoms. The van der Waals surface area contributed by atoms with Crippen molar-refractivity contribution in [3.8, 4) is 0 Å². The quantitative estimate of drug-likeness (QED) is 0.770. The molecular formula is C11H16N2O2S2. The first-order chi connectivity index (χ1) is 8.13. The zero-order valence-corrected chi connectivity index (χ0v) is 11.9. The van der Waals surface area contributed by atoms with E-state index >= 15 is 0 Å². The number of hydrogen-bond acceptors (Lipinski definition) is 6. The molecule has 0 N–H and O–H groups in total. The Labute approximate surface area is 109 Å². The number of aromatic nitrogens is 1. The second-order valence-electron chi connectivity index (χ2n) is 4.03. The SMILES string of the molecule is COC(=O)c1sc(C2CSCCN2C)nc1C. The lowest BCUT2D eigenvalue weighted by Crippen LogP contribution is -2.32. The standard InChI is InChI=1S/C11H16N2O2S2/c1-7-9(11(14)15-3)17-10(12-7)8-6-16-5-4-13(8)2/h8H,4-6H2,1-3H3. The molecule has 1 aromatic rings. The summed E-state index contributed by atoms with van der Waals surface area (Å²) in [7, 11) is 3.52. The highest BCUT2D eigenvalue weighted by Crippen LogP contribution is 2.32. The Morgan fingerprint density at radius 1 is 1.59 bits per heavy atom. The van der Waals surface area contributed by atoms with Crippen LogP contribution in [0.2, 0.25) is 0 Å². The van der Waals surface area contributed by atoms with Crippen LogP contribution < -0.4 is 0 Å². The van der Waals surface area contributed by atoms with Gasteiger partial charge in [0.05, 0.1) is 18.8 Å². The molecule has 1 aliphatic heterocycles. The highest BCUT2D eigenvalue weighted by molar-refractivity contribution is 7.99. The predicted octanol–water partition coefficient (Wildman–Crippen LogP) is 1.96. The van der Waals surface area contributed by atoms with Crippen molar-refractivity contribution in [1.82, 2.24) is 9.88 Å². The fraction of sp³-hybridized carbons (Fsp3) is 0.636. The first kappa shape index (κ1) is 12.9. The van der Waals surface area contributed by atoms with Crippen LogP contribution in [-0.2, 0) is 4.74 Å². The van der Waals surface area contributed by atoms with E-state index in [4.69, 9.17) is 4.74 Å². The Bertz CT molecular complexity index is 420. The predicted molar refractivity (Wildman–Crippen MR) is 70.9 cm³/mol. The van der Waals surface area contributed by atoms with Gasteiger partial charge in [0.1, 0.15) is 9.88 Å². The second-order valence-corrected chi connectivity index (χ2v) is 6.21. The third-order valence-corrected chi connectivity index (χ3v) is 5.13. The van der Waals surface area contributed by atoms with E-state index in [-0.39, 0.29) is 5.97 Å². The van der Waals surface area contributed by atoms with E-state index in [1.54, 1.807) is 0 Å². The van der Waals surface area contributed by atoms with Gasteiger partial charge in [-0.05, 0) is 14.0 Å². The molecule has 0 radical (unpaired) electrons. The summed E-state index contributed by atoms with van der Waals surface area (Å²) in [6.45, 7) is 2.93. The molecule has 1 saturated heterocycles. The van der Waals surface area contributed by atoms with Crippen molar-refractivity contribution in [3.05, 3.63) is 15.6 Å². The van der Waals surface area contributed by atoms with Crippen molar-refractivity contribution in [1.29, 1.82) is 0 Å². The summed E-state index contributed by atoms with van der Waals surface area (Å²) in [5, 5.41) is 1.03. The first-order valence-corrected chi connectivity index (χ1v) is 7.44. The summed E-state index contributed by atoms with van der Waals surface area (Å²) in [6, 6.07) is 0.329. The van der Waals surface area contributed by atoms with Gasteiger partial charge in [-0.1, -0.05) is 0 Å². The monoisotopic (exact) mass is 272 g/mol. The van der Waals surface area contributed by atoms with Gasteiger partial charge in [0.15, 0.2) is 0 Å². The molecule has 1 atom stereocenters. The average Bonchev–Trinajstić information content (AvgIpc) is 2.71. The van der Waals surface area contributed by atoms with Crippen LogP contribution in [0.15, 0.2) is 0 Å². The summed E-state index contributed by atoms with van der Waals surface area (Å²) in [4.78, 5) is 19.0. The summed E-state index contributed by atoms with van der Waals surface area (Å²) < 4.78 is 4.76. The molecule has 17 heavy (non-hydrogen) atoms. The largest absolute Gasteiger partial charge is 0.465 e. The number of thiazole rings is 1. The van der Waals surface area contributed by atoms with Crippen molar-refractivity contribution in [3.63, 3.8) is 0 Å². The van der Waals surface area contributed by atoms with E-state index in [9.17, 15) is 4.79 Å². The zero-order valence-electron chi connectivity index (χ0n) is 10.2. The molecule has 0 amide bonds. The Kier molecular flexibility index (Phi) is 4.06. The number of nitrogens with zero attached hydrogens (tertiary/aromatic N) is 2. The van der Waals surface area contributed by atoms with Gasteiger partial charge in [-0.25, -0.2) is 9.78 Å². The second kappa shape index (κ2) is 5.37. The molecule has 0 aromatic carbocycles. The minimum atomic E-state index is -0.280. The molecule has 94 valence electrons. The fourth-order valence-corrected chi connectivity index (χ4v) is 4.26. The van der Waals surface area contributed by atoms with Crippen molar-refractivity contribution < 1.29 is 9.53 Å². The summed E-state index contributed by atoms with van der Waals surface area (Å²) >= 11 is 3.40. The molecular weight excluding hydrogens is 256 g/mol. The maximum Gasteiger partial charge on any atom is 0.349 e. The lowest BCUT2D eigenvalue weighted by atomic mass is 10.3. The first-order valence-electron chi connectivity index (χ1n) is 5.47. The van der Waals surface area contributed by atoms with E-state index in [0.29, 0.717) is 10.9 Å². The number of carbonyl (C=O) groups excluding carboxylic acids is 1. The highest BCUT2D eigenvalue weighted by atomic mass is 32.2. The van der Waals surface area contributed by atoms with Crippen molar-refractivity contribution in [2.45, 2.75) is 13.0 Å². The van der Waals surface area contributed by atoms with Crippen LogP contribution >= 0.6 is 23.1 Å². The number of ether oxygens (including phenoxy) is 1. The molecule has 1 unspecified atom stereocenters. The summed E-state index contributed by atoms with van der Waals surface area (Å²) in [6.07, 6.45) is 0. The number of esters is 1. The molecule has 0 aliphatic carbocycles. The Hall–Kier alpha value is -0.590. The fourth-order valence-electron chi connectivity index (χ4n) is 1.79. The smallest absolute Gasteiger partial charge is 0.349 e. The van der Waals surface area contributed by atoms with E-state index in [1.807, 2.05) is 18.7 Å². The summed E-state index contributed by atoms with van der Waals surface area (Å²) in [5.41, 5.74) is 0.779. The number of thioether (sulfide) groups is 1. The number of hydrogen-bond donors (Lipinski definition) is 0. The zero-order chi connectivity index (χ0) is 12.4. The minimum Gasteiger partial charge on any atom is -0.465 e. The van der Waals surface area contributed by atoms with Gasteiger partial charge < -0.3 is 4.74 Å². The lowest BCUT2D eigenvalue weighted by molar-refractivity contribution is 0.0605. The Balaban J connectivity index is 2.24. The van der Waals surface area contributed by atoms with Crippen LogP contribution in [0.5, 0.6) is 0 Å². The van der Waals surface area contributed by atoms with Gasteiger partial charge in [-0.3, -0.25) is 4.90 Å². The third-order valence-electron chi connectivity index (χ3n) is 2.87. The van der Waals surface area contributed by atoms with E-state index < -0.39 is 0 Å². The van der Waals surface area contributed by atoms with Gasteiger partial charge in [-0.2, -0.15) is 11.8 Å². The van der Waals surface area contributed by atoms with Crippen LogP contribution in [0, 0.1) is 6.92 Å². The molecule has 4 nitrogen and oxygen atoms in total. The van der Waals surface area contributed by atoms with Crippen molar-refractivity contribution >= 4 is 29.1 Å².